The van der Waals surface area contributed by atoms with Gasteiger partial charge in [0.05, 0.1) is 11.4 Å². The Kier molecular flexibility index (Phi) is 3.83. The van der Waals surface area contributed by atoms with Crippen molar-refractivity contribution in [3.05, 3.63) is 40.1 Å². The Morgan fingerprint density at radius 3 is 2.74 bits per heavy atom. The molecule has 1 aromatic heterocycles. The van der Waals surface area contributed by atoms with Crippen LogP contribution in [0.3, 0.4) is 0 Å². The summed E-state index contributed by atoms with van der Waals surface area (Å²) >= 11 is 1.35. The van der Waals surface area contributed by atoms with Crippen LogP contribution in [-0.2, 0) is 16.6 Å². The van der Waals surface area contributed by atoms with Crippen LogP contribution in [0, 0.1) is 12.7 Å². The molecule has 19 heavy (non-hydrogen) atoms. The fourth-order valence-corrected chi connectivity index (χ4v) is 3.32. The number of hydrogen-bond acceptors (Lipinski definition) is 5. The number of nitrogen functional groups attached to an aromatic ring is 1. The molecule has 0 saturated heterocycles. The van der Waals surface area contributed by atoms with Gasteiger partial charge >= 0.3 is 0 Å². The van der Waals surface area contributed by atoms with Crippen LogP contribution in [0.1, 0.15) is 10.7 Å². The molecule has 0 bridgehead atoms. The molecule has 0 aliphatic rings. The van der Waals surface area contributed by atoms with E-state index in [2.05, 4.69) is 9.71 Å². The summed E-state index contributed by atoms with van der Waals surface area (Å²) in [6.07, 6.45) is 0. The molecule has 8 heteroatoms. The minimum Gasteiger partial charge on any atom is -0.399 e. The molecule has 102 valence electrons. The number of nitrogens with two attached hydrogens (primary N) is 1. The molecule has 0 atom stereocenters. The second-order valence-corrected chi connectivity index (χ2v) is 6.64. The molecule has 0 aliphatic carbocycles. The summed E-state index contributed by atoms with van der Waals surface area (Å²) in [7, 11) is -3.80. The number of rotatable bonds is 4. The number of anilines is 1. The lowest BCUT2D eigenvalue weighted by molar-refractivity contribution is 0.577. The highest BCUT2D eigenvalue weighted by Gasteiger charge is 2.16. The van der Waals surface area contributed by atoms with Crippen molar-refractivity contribution in [2.75, 3.05) is 5.73 Å². The minimum absolute atomic E-state index is 0.0606. The van der Waals surface area contributed by atoms with Gasteiger partial charge in [-0.3, -0.25) is 0 Å². The first-order chi connectivity index (χ1) is 8.87. The summed E-state index contributed by atoms with van der Waals surface area (Å²) in [5.74, 6) is -0.689. The van der Waals surface area contributed by atoms with E-state index in [-0.39, 0.29) is 17.1 Å². The molecule has 0 aliphatic heterocycles. The van der Waals surface area contributed by atoms with Gasteiger partial charge in [-0.2, -0.15) is 0 Å². The Hall–Kier alpha value is -1.51. The zero-order valence-corrected chi connectivity index (χ0v) is 11.7. The molecule has 0 radical (unpaired) electrons. The summed E-state index contributed by atoms with van der Waals surface area (Å²) in [5.41, 5.74) is 6.31. The number of aromatic nitrogens is 1. The van der Waals surface area contributed by atoms with Gasteiger partial charge < -0.3 is 5.73 Å². The van der Waals surface area contributed by atoms with E-state index in [1.165, 1.54) is 17.4 Å². The van der Waals surface area contributed by atoms with Crippen molar-refractivity contribution in [2.24, 2.45) is 0 Å². The molecule has 5 nitrogen and oxygen atoms in total. The van der Waals surface area contributed by atoms with E-state index in [0.29, 0.717) is 5.01 Å². The van der Waals surface area contributed by atoms with Gasteiger partial charge in [-0.15, -0.1) is 11.3 Å². The van der Waals surface area contributed by atoms with Crippen LogP contribution in [0.15, 0.2) is 28.5 Å². The van der Waals surface area contributed by atoms with Crippen molar-refractivity contribution in [2.45, 2.75) is 18.4 Å². The van der Waals surface area contributed by atoms with Gasteiger partial charge in [-0.1, -0.05) is 0 Å². The highest BCUT2D eigenvalue weighted by atomic mass is 32.2. The van der Waals surface area contributed by atoms with Gasteiger partial charge in [-0.25, -0.2) is 22.5 Å². The Morgan fingerprint density at radius 1 is 1.42 bits per heavy atom. The number of nitrogens with one attached hydrogen (secondary N) is 1. The van der Waals surface area contributed by atoms with E-state index in [0.717, 1.165) is 17.8 Å². The molecule has 0 saturated carbocycles. The SMILES string of the molecule is Cc1csc(CNS(=O)(=O)c2cc(N)cc(F)c2)n1. The van der Waals surface area contributed by atoms with E-state index in [1.54, 1.807) is 0 Å². The van der Waals surface area contributed by atoms with Crippen LogP contribution < -0.4 is 10.5 Å². The maximum absolute atomic E-state index is 13.1. The fraction of sp³-hybridized carbons (Fsp3) is 0.182. The Balaban J connectivity index is 2.18. The molecule has 0 spiro atoms. The third-order valence-corrected chi connectivity index (χ3v) is 4.63. The summed E-state index contributed by atoms with van der Waals surface area (Å²) < 4.78 is 39.4. The largest absolute Gasteiger partial charge is 0.399 e. The van der Waals surface area contributed by atoms with Gasteiger partial charge in [0.15, 0.2) is 0 Å². The highest BCUT2D eigenvalue weighted by molar-refractivity contribution is 7.89. The lowest BCUT2D eigenvalue weighted by Gasteiger charge is -2.06. The first kappa shape index (κ1) is 13.9. The van der Waals surface area contributed by atoms with Crippen LogP contribution in [0.25, 0.3) is 0 Å². The maximum atomic E-state index is 13.1. The number of nitrogens with zero attached hydrogens (tertiary/aromatic N) is 1. The smallest absolute Gasteiger partial charge is 0.241 e. The van der Waals surface area contributed by atoms with Gasteiger partial charge in [0.2, 0.25) is 10.0 Å². The monoisotopic (exact) mass is 301 g/mol. The van der Waals surface area contributed by atoms with Crippen molar-refractivity contribution in [1.82, 2.24) is 9.71 Å². The van der Waals surface area contributed by atoms with E-state index >= 15 is 0 Å². The molecule has 0 fully saturated rings. The van der Waals surface area contributed by atoms with Crippen molar-refractivity contribution in [3.63, 3.8) is 0 Å². The molecule has 1 heterocycles. The Bertz CT molecular complexity index is 677. The Morgan fingerprint density at radius 2 is 2.16 bits per heavy atom. The predicted octanol–water partition coefficient (Wildman–Crippen LogP) is 1.65. The van der Waals surface area contributed by atoms with E-state index in [4.69, 9.17) is 5.73 Å². The molecule has 0 unspecified atom stereocenters. The zero-order valence-electron chi connectivity index (χ0n) is 10.1. The number of aryl methyl sites for hydroxylation is 1. The third-order valence-electron chi connectivity index (χ3n) is 2.28. The number of thiazole rings is 1. The van der Waals surface area contributed by atoms with E-state index < -0.39 is 15.8 Å². The van der Waals surface area contributed by atoms with Crippen LogP contribution in [0.4, 0.5) is 10.1 Å². The van der Waals surface area contributed by atoms with Gasteiger partial charge in [0.25, 0.3) is 0 Å². The third kappa shape index (κ3) is 3.49. The van der Waals surface area contributed by atoms with Crippen LogP contribution in [0.2, 0.25) is 0 Å². The van der Waals surface area contributed by atoms with Gasteiger partial charge in [0, 0.05) is 16.8 Å². The zero-order chi connectivity index (χ0) is 14.0. The van der Waals surface area contributed by atoms with E-state index in [9.17, 15) is 12.8 Å². The van der Waals surface area contributed by atoms with Crippen molar-refractivity contribution >= 4 is 27.0 Å². The second-order valence-electron chi connectivity index (χ2n) is 3.93. The lowest BCUT2D eigenvalue weighted by Crippen LogP contribution is -2.23. The van der Waals surface area contributed by atoms with Crippen LogP contribution >= 0.6 is 11.3 Å². The predicted molar refractivity (Wildman–Crippen MR) is 71.7 cm³/mol. The lowest BCUT2D eigenvalue weighted by atomic mass is 10.3. The van der Waals surface area contributed by atoms with Crippen molar-refractivity contribution in [3.8, 4) is 0 Å². The molecule has 2 rings (SSSR count). The molecule has 3 N–H and O–H groups in total. The molecular weight excluding hydrogens is 289 g/mol. The van der Waals surface area contributed by atoms with E-state index in [1.807, 2.05) is 12.3 Å². The molecule has 0 amide bonds. The van der Waals surface area contributed by atoms with Crippen LogP contribution in [0.5, 0.6) is 0 Å². The quantitative estimate of drug-likeness (QED) is 0.841. The molecular formula is C11H12FN3O2S2. The number of sulfonamides is 1. The standard InChI is InChI=1S/C11H12FN3O2S2/c1-7-6-18-11(15-7)5-14-19(16,17)10-3-8(12)2-9(13)4-10/h2-4,6,14H,5,13H2,1H3. The number of halogens is 1. The minimum atomic E-state index is -3.80. The van der Waals surface area contributed by atoms with Crippen molar-refractivity contribution < 1.29 is 12.8 Å². The first-order valence-electron chi connectivity index (χ1n) is 5.33. The second kappa shape index (κ2) is 5.24. The highest BCUT2D eigenvalue weighted by Crippen LogP contribution is 2.16. The fourth-order valence-electron chi connectivity index (χ4n) is 1.46. The number of hydrogen-bond donors (Lipinski definition) is 2. The van der Waals surface area contributed by atoms with Gasteiger partial charge in [0.1, 0.15) is 10.8 Å². The normalized spacial score (nSPS) is 11.7. The summed E-state index contributed by atoms with van der Waals surface area (Å²) in [6, 6.07) is 3.19. The first-order valence-corrected chi connectivity index (χ1v) is 7.70. The summed E-state index contributed by atoms with van der Waals surface area (Å²) in [6.45, 7) is 1.89. The Labute approximate surface area is 114 Å². The molecule has 1 aromatic carbocycles. The summed E-state index contributed by atoms with van der Waals surface area (Å²) in [5, 5.41) is 2.47. The average Bonchev–Trinajstić information content (AvgIpc) is 2.71. The average molecular weight is 301 g/mol. The van der Waals surface area contributed by atoms with Gasteiger partial charge in [-0.05, 0) is 25.1 Å². The van der Waals surface area contributed by atoms with Crippen molar-refractivity contribution in [1.29, 1.82) is 0 Å². The van der Waals surface area contributed by atoms with Crippen LogP contribution in [-0.4, -0.2) is 13.4 Å². The topological polar surface area (TPSA) is 85.1 Å². The maximum Gasteiger partial charge on any atom is 0.241 e. The summed E-state index contributed by atoms with van der Waals surface area (Å²) in [4.78, 5) is 3.94. The number of benzene rings is 1. The molecule has 2 aromatic rings.